The highest BCUT2D eigenvalue weighted by molar-refractivity contribution is 6.38. The molecule has 0 radical (unpaired) electrons. The van der Waals surface area contributed by atoms with Crippen LogP contribution in [0.5, 0.6) is 0 Å². The van der Waals surface area contributed by atoms with Crippen molar-refractivity contribution in [2.75, 3.05) is 0 Å². The highest BCUT2D eigenvalue weighted by atomic mass is 16.2. The number of rotatable bonds is 7. The van der Waals surface area contributed by atoms with Gasteiger partial charge in [0.2, 0.25) is 5.78 Å². The van der Waals surface area contributed by atoms with Crippen LogP contribution < -0.4 is 11.1 Å². The van der Waals surface area contributed by atoms with Crippen molar-refractivity contribution < 1.29 is 14.4 Å². The predicted molar refractivity (Wildman–Crippen MR) is 99.5 cm³/mol. The predicted octanol–water partition coefficient (Wildman–Crippen LogP) is 0.366. The molecule has 0 aliphatic heterocycles. The van der Waals surface area contributed by atoms with Crippen molar-refractivity contribution in [1.29, 1.82) is 0 Å². The van der Waals surface area contributed by atoms with Crippen LogP contribution in [0.4, 0.5) is 0 Å². The minimum Gasteiger partial charge on any atom is -0.363 e. The molecule has 3 aromatic heterocycles. The number of pyridine rings is 2. The molecule has 1 unspecified atom stereocenters. The number of Topliss-reactive ketones (excluding diaryl/α,β-unsaturated/α-hetero) is 1. The van der Waals surface area contributed by atoms with E-state index in [1.165, 1.54) is 6.20 Å². The van der Waals surface area contributed by atoms with E-state index >= 15 is 0 Å². The minimum atomic E-state index is -1.14. The van der Waals surface area contributed by atoms with Gasteiger partial charge in [-0.1, -0.05) is 6.07 Å². The number of hydrogen-bond acceptors (Lipinski definition) is 6. The number of carbonyl (C=O) groups excluding carboxylic acids is 3. The van der Waals surface area contributed by atoms with Gasteiger partial charge in [-0.2, -0.15) is 0 Å². The van der Waals surface area contributed by atoms with Gasteiger partial charge in [-0.25, -0.2) is 4.98 Å². The summed E-state index contributed by atoms with van der Waals surface area (Å²) in [6.45, 7) is 1.75. The maximum absolute atomic E-state index is 12.9. The molecule has 9 nitrogen and oxygen atoms in total. The summed E-state index contributed by atoms with van der Waals surface area (Å²) in [4.78, 5) is 48.8. The fourth-order valence-corrected chi connectivity index (χ4v) is 2.76. The van der Waals surface area contributed by atoms with Crippen molar-refractivity contribution in [3.05, 3.63) is 72.3 Å². The van der Waals surface area contributed by atoms with Crippen LogP contribution in [0.25, 0.3) is 5.69 Å². The van der Waals surface area contributed by atoms with Crippen molar-refractivity contribution >= 4 is 17.6 Å². The largest absolute Gasteiger partial charge is 0.363 e. The number of primary amides is 1. The Bertz CT molecular complexity index is 1000. The molecule has 1 atom stereocenters. The van der Waals surface area contributed by atoms with Gasteiger partial charge in [-0.15, -0.1) is 0 Å². The van der Waals surface area contributed by atoms with E-state index in [-0.39, 0.29) is 12.1 Å². The molecule has 3 N–H and O–H groups in total. The van der Waals surface area contributed by atoms with E-state index in [2.05, 4.69) is 20.3 Å². The molecule has 0 aliphatic rings. The lowest BCUT2D eigenvalue weighted by molar-refractivity contribution is -0.137. The van der Waals surface area contributed by atoms with Crippen LogP contribution in [0.2, 0.25) is 0 Å². The van der Waals surface area contributed by atoms with E-state index in [1.54, 1.807) is 60.4 Å². The highest BCUT2D eigenvalue weighted by Gasteiger charge is 2.27. The number of ketones is 1. The number of nitrogens with zero attached hydrogens (tertiary/aromatic N) is 4. The Morgan fingerprint density at radius 3 is 2.50 bits per heavy atom. The van der Waals surface area contributed by atoms with E-state index in [9.17, 15) is 14.4 Å². The first-order valence-corrected chi connectivity index (χ1v) is 8.46. The minimum absolute atomic E-state index is 0.0384. The van der Waals surface area contributed by atoms with Crippen LogP contribution in [0, 0.1) is 6.92 Å². The fraction of sp³-hybridized carbons (Fsp3) is 0.158. The molecule has 0 fully saturated rings. The smallest absolute Gasteiger partial charge is 0.287 e. The zero-order valence-electron chi connectivity index (χ0n) is 15.1. The summed E-state index contributed by atoms with van der Waals surface area (Å²) in [5, 5.41) is 2.58. The Morgan fingerprint density at radius 1 is 1.11 bits per heavy atom. The number of hydrogen-bond donors (Lipinski definition) is 2. The van der Waals surface area contributed by atoms with Gasteiger partial charge in [0.05, 0.1) is 11.9 Å². The van der Waals surface area contributed by atoms with Crippen LogP contribution >= 0.6 is 0 Å². The first-order chi connectivity index (χ1) is 13.5. The molecule has 9 heteroatoms. The Balaban J connectivity index is 1.89. The number of aromatic nitrogens is 4. The summed E-state index contributed by atoms with van der Waals surface area (Å²) >= 11 is 0. The van der Waals surface area contributed by atoms with Gasteiger partial charge in [-0.05, 0) is 31.2 Å². The van der Waals surface area contributed by atoms with Gasteiger partial charge in [0.15, 0.2) is 0 Å². The van der Waals surface area contributed by atoms with Crippen LogP contribution in [0.3, 0.4) is 0 Å². The average Bonchev–Trinajstić information content (AvgIpc) is 3.09. The standard InChI is InChI=1S/C19H18N6O3/c1-12-23-11-16(25(12)14-5-8-21-9-6-14)19(28)24-15(17(26)18(20)27)10-13-4-2-3-7-22-13/h2-9,11,15H,10H2,1H3,(H2,20,27)(H,24,28). The quantitative estimate of drug-likeness (QED) is 0.571. The Hall–Kier alpha value is -3.88. The van der Waals surface area contributed by atoms with Gasteiger partial charge in [-0.3, -0.25) is 28.9 Å². The van der Waals surface area contributed by atoms with Gasteiger partial charge >= 0.3 is 0 Å². The lowest BCUT2D eigenvalue weighted by Crippen LogP contribution is -2.47. The third-order valence-corrected chi connectivity index (χ3v) is 4.10. The van der Waals surface area contributed by atoms with Crippen LogP contribution in [-0.2, 0) is 16.0 Å². The first-order valence-electron chi connectivity index (χ1n) is 8.46. The second kappa shape index (κ2) is 8.21. The maximum atomic E-state index is 12.9. The third kappa shape index (κ3) is 4.09. The van der Waals surface area contributed by atoms with Crippen molar-refractivity contribution in [3.63, 3.8) is 0 Å². The zero-order chi connectivity index (χ0) is 20.1. The van der Waals surface area contributed by atoms with Gasteiger partial charge < -0.3 is 11.1 Å². The van der Waals surface area contributed by atoms with Crippen molar-refractivity contribution in [2.24, 2.45) is 5.73 Å². The summed E-state index contributed by atoms with van der Waals surface area (Å²) in [6, 6.07) is 7.48. The van der Waals surface area contributed by atoms with Gasteiger partial charge in [0.25, 0.3) is 11.8 Å². The van der Waals surface area contributed by atoms with E-state index in [1.807, 2.05) is 0 Å². The molecule has 28 heavy (non-hydrogen) atoms. The maximum Gasteiger partial charge on any atom is 0.287 e. The number of aryl methyl sites for hydroxylation is 1. The number of amides is 2. The SMILES string of the molecule is Cc1ncc(C(=O)NC(Cc2ccccn2)C(=O)C(N)=O)n1-c1ccncc1. The monoisotopic (exact) mass is 378 g/mol. The van der Waals surface area contributed by atoms with Crippen LogP contribution in [0.1, 0.15) is 22.0 Å². The lowest BCUT2D eigenvalue weighted by atomic mass is 10.1. The topological polar surface area (TPSA) is 133 Å². The van der Waals surface area contributed by atoms with E-state index in [0.717, 1.165) is 0 Å². The highest BCUT2D eigenvalue weighted by Crippen LogP contribution is 2.14. The summed E-state index contributed by atoms with van der Waals surface area (Å²) < 4.78 is 1.63. The van der Waals surface area contributed by atoms with E-state index in [0.29, 0.717) is 17.2 Å². The molecule has 0 aliphatic carbocycles. The number of imidazole rings is 1. The zero-order valence-corrected chi connectivity index (χ0v) is 15.1. The molecular formula is C19H18N6O3. The molecule has 0 aromatic carbocycles. The average molecular weight is 378 g/mol. The Kier molecular flexibility index (Phi) is 5.54. The number of nitrogens with two attached hydrogens (primary N) is 1. The molecule has 3 heterocycles. The van der Waals surface area contributed by atoms with Gasteiger partial charge in [0, 0.05) is 30.7 Å². The number of nitrogens with one attached hydrogen (secondary N) is 1. The van der Waals surface area contributed by atoms with Crippen molar-refractivity contribution in [2.45, 2.75) is 19.4 Å². The lowest BCUT2D eigenvalue weighted by Gasteiger charge is -2.17. The van der Waals surface area contributed by atoms with Crippen LogP contribution in [0.15, 0.2) is 55.1 Å². The van der Waals surface area contributed by atoms with Crippen molar-refractivity contribution in [1.82, 2.24) is 24.8 Å². The Labute approximate surface area is 160 Å². The summed E-state index contributed by atoms with van der Waals surface area (Å²) in [5.74, 6) is -2.00. The van der Waals surface area contributed by atoms with Crippen molar-refractivity contribution in [3.8, 4) is 5.69 Å². The first kappa shape index (κ1) is 18.9. The molecule has 0 bridgehead atoms. The summed E-state index contributed by atoms with van der Waals surface area (Å²) in [7, 11) is 0. The third-order valence-electron chi connectivity index (χ3n) is 4.10. The molecule has 142 valence electrons. The van der Waals surface area contributed by atoms with Gasteiger partial charge in [0.1, 0.15) is 17.6 Å². The molecule has 0 saturated carbocycles. The van der Waals surface area contributed by atoms with Crippen LogP contribution in [-0.4, -0.2) is 43.2 Å². The summed E-state index contributed by atoms with van der Waals surface area (Å²) in [5.41, 5.74) is 6.60. The molecule has 2 amide bonds. The number of carbonyl (C=O) groups is 3. The second-order valence-electron chi connectivity index (χ2n) is 6.01. The molecule has 3 rings (SSSR count). The second-order valence-corrected chi connectivity index (χ2v) is 6.01. The molecular weight excluding hydrogens is 360 g/mol. The molecule has 3 aromatic rings. The fourth-order valence-electron chi connectivity index (χ4n) is 2.76. The van der Waals surface area contributed by atoms with E-state index in [4.69, 9.17) is 5.73 Å². The Morgan fingerprint density at radius 2 is 1.86 bits per heavy atom. The molecule has 0 spiro atoms. The normalized spacial score (nSPS) is 11.6. The molecule has 0 saturated heterocycles. The summed E-state index contributed by atoms with van der Waals surface area (Å²) in [6.07, 6.45) is 6.19. The van der Waals surface area contributed by atoms with E-state index < -0.39 is 23.6 Å².